The highest BCUT2D eigenvalue weighted by Crippen LogP contribution is 2.41. The fourth-order valence-electron chi connectivity index (χ4n) is 4.77. The number of nitriles is 1. The third-order valence-corrected chi connectivity index (χ3v) is 6.51. The largest absolute Gasteiger partial charge is 0.384 e. The monoisotopic (exact) mass is 485 g/mol. The second kappa shape index (κ2) is 10.4. The lowest BCUT2D eigenvalue weighted by atomic mass is 9.76. The fraction of sp³-hybridized carbons (Fsp3) is 0.0625. The van der Waals surface area contributed by atoms with Crippen molar-refractivity contribution in [3.8, 4) is 6.07 Å². The summed E-state index contributed by atoms with van der Waals surface area (Å²) in [6, 6.07) is 36.6. The molecular formula is C32H24FN3O. The summed E-state index contributed by atoms with van der Waals surface area (Å²) in [5, 5.41) is 19.8. The molecule has 4 aromatic carbocycles. The number of aliphatic hydroxyl groups is 1. The molecule has 0 amide bonds. The minimum absolute atomic E-state index is 0.0589. The zero-order valence-electron chi connectivity index (χ0n) is 19.9. The molecule has 0 aliphatic heterocycles. The molecule has 0 saturated carbocycles. The van der Waals surface area contributed by atoms with Gasteiger partial charge in [0.05, 0.1) is 29.9 Å². The van der Waals surface area contributed by atoms with E-state index in [1.165, 1.54) is 12.1 Å². The molecule has 0 aliphatic rings. The number of aromatic nitrogens is 2. The van der Waals surface area contributed by atoms with Crippen LogP contribution in [0.15, 0.2) is 128 Å². The summed E-state index contributed by atoms with van der Waals surface area (Å²) in [5.41, 5.74) is 3.46. The van der Waals surface area contributed by atoms with Crippen LogP contribution in [0.1, 0.15) is 39.6 Å². The molecule has 0 bridgehead atoms. The van der Waals surface area contributed by atoms with E-state index in [0.717, 1.165) is 22.4 Å². The average Bonchev–Trinajstić information content (AvgIpc) is 3.43. The number of benzene rings is 4. The zero-order valence-corrected chi connectivity index (χ0v) is 19.9. The lowest BCUT2D eigenvalue weighted by Crippen LogP contribution is -2.38. The Bertz CT molecular complexity index is 1460. The van der Waals surface area contributed by atoms with Crippen LogP contribution in [-0.2, 0) is 5.54 Å². The molecule has 5 rings (SSSR count). The number of nitrogens with zero attached hydrogens (tertiary/aromatic N) is 3. The third kappa shape index (κ3) is 4.47. The van der Waals surface area contributed by atoms with Crippen molar-refractivity contribution >= 4 is 6.08 Å². The first-order valence-electron chi connectivity index (χ1n) is 11.9. The van der Waals surface area contributed by atoms with E-state index in [0.29, 0.717) is 5.56 Å². The number of hydrogen-bond donors (Lipinski definition) is 1. The number of rotatable bonds is 7. The van der Waals surface area contributed by atoms with Crippen LogP contribution < -0.4 is 0 Å². The molecular weight excluding hydrogens is 461 g/mol. The van der Waals surface area contributed by atoms with Crippen LogP contribution in [-0.4, -0.2) is 14.7 Å². The van der Waals surface area contributed by atoms with Crippen LogP contribution in [0.2, 0.25) is 0 Å². The summed E-state index contributed by atoms with van der Waals surface area (Å²) in [6.45, 7) is 0. The van der Waals surface area contributed by atoms with Crippen molar-refractivity contribution in [1.29, 1.82) is 5.26 Å². The summed E-state index contributed by atoms with van der Waals surface area (Å²) in [7, 11) is 0. The van der Waals surface area contributed by atoms with Crippen LogP contribution in [0.25, 0.3) is 6.08 Å². The van der Waals surface area contributed by atoms with Gasteiger partial charge in [-0.15, -0.1) is 0 Å². The highest BCUT2D eigenvalue weighted by molar-refractivity contribution is 5.55. The topological polar surface area (TPSA) is 61.8 Å². The molecule has 180 valence electrons. The van der Waals surface area contributed by atoms with Gasteiger partial charge in [-0.3, -0.25) is 0 Å². The smallest absolute Gasteiger partial charge is 0.141 e. The molecule has 4 nitrogen and oxygen atoms in total. The molecule has 1 atom stereocenters. The van der Waals surface area contributed by atoms with Crippen molar-refractivity contribution in [2.45, 2.75) is 11.6 Å². The first kappa shape index (κ1) is 23.9. The van der Waals surface area contributed by atoms with E-state index >= 15 is 0 Å². The van der Waals surface area contributed by atoms with Gasteiger partial charge in [0.25, 0.3) is 0 Å². The lowest BCUT2D eigenvalue weighted by molar-refractivity contribution is 0.229. The molecule has 0 spiro atoms. The number of halogens is 1. The minimum Gasteiger partial charge on any atom is -0.384 e. The van der Waals surface area contributed by atoms with E-state index in [1.54, 1.807) is 36.8 Å². The Morgan fingerprint density at radius 2 is 1.38 bits per heavy atom. The second-order valence-electron chi connectivity index (χ2n) is 8.65. The van der Waals surface area contributed by atoms with Gasteiger partial charge in [-0.1, -0.05) is 97.1 Å². The predicted octanol–water partition coefficient (Wildman–Crippen LogP) is 6.48. The maximum atomic E-state index is 14.1. The van der Waals surface area contributed by atoms with E-state index in [4.69, 9.17) is 5.26 Å². The van der Waals surface area contributed by atoms with Crippen molar-refractivity contribution in [2.75, 3.05) is 0 Å². The van der Waals surface area contributed by atoms with Crippen molar-refractivity contribution in [3.63, 3.8) is 0 Å². The van der Waals surface area contributed by atoms with Crippen molar-refractivity contribution < 1.29 is 9.50 Å². The molecule has 1 aromatic heterocycles. The molecule has 1 heterocycles. The molecule has 0 saturated heterocycles. The molecule has 1 unspecified atom stereocenters. The van der Waals surface area contributed by atoms with Crippen LogP contribution in [0.5, 0.6) is 0 Å². The van der Waals surface area contributed by atoms with Crippen molar-refractivity contribution in [1.82, 2.24) is 9.55 Å². The molecule has 0 radical (unpaired) electrons. The predicted molar refractivity (Wildman–Crippen MR) is 142 cm³/mol. The van der Waals surface area contributed by atoms with Crippen LogP contribution >= 0.6 is 0 Å². The quantitative estimate of drug-likeness (QED) is 0.268. The summed E-state index contributed by atoms with van der Waals surface area (Å²) >= 11 is 0. The minimum atomic E-state index is -1.06. The van der Waals surface area contributed by atoms with E-state index in [1.807, 2.05) is 54.6 Å². The Labute approximate surface area is 215 Å². The standard InChI is InChI=1S/C32H24FN3O/c33-30-20-24(16-17-25(30)21-34)31(37)19-18-29-22-35-23-36(29)32(26-10-4-1-5-11-26,27-12-6-2-7-13-27)28-14-8-3-9-15-28/h1-20,22-23,31,37H. The lowest BCUT2D eigenvalue weighted by Gasteiger charge is -2.38. The Hall–Kier alpha value is -4.79. The maximum Gasteiger partial charge on any atom is 0.141 e. The molecule has 0 fully saturated rings. The van der Waals surface area contributed by atoms with Crippen LogP contribution in [0, 0.1) is 17.1 Å². The second-order valence-corrected chi connectivity index (χ2v) is 8.65. The molecule has 1 N–H and O–H groups in total. The molecule has 0 aliphatic carbocycles. The van der Waals surface area contributed by atoms with Crippen molar-refractivity contribution in [2.24, 2.45) is 0 Å². The Morgan fingerprint density at radius 3 is 1.86 bits per heavy atom. The van der Waals surface area contributed by atoms with Crippen molar-refractivity contribution in [3.05, 3.63) is 167 Å². The van der Waals surface area contributed by atoms with Gasteiger partial charge in [0.15, 0.2) is 0 Å². The maximum absolute atomic E-state index is 14.1. The highest BCUT2D eigenvalue weighted by atomic mass is 19.1. The zero-order chi connectivity index (χ0) is 25.7. The van der Waals surface area contributed by atoms with E-state index in [9.17, 15) is 9.50 Å². The number of aliphatic hydroxyl groups excluding tert-OH is 1. The van der Waals surface area contributed by atoms with Crippen LogP contribution in [0.4, 0.5) is 4.39 Å². The fourth-order valence-corrected chi connectivity index (χ4v) is 4.77. The van der Waals surface area contributed by atoms with E-state index in [2.05, 4.69) is 45.9 Å². The van der Waals surface area contributed by atoms with E-state index < -0.39 is 17.5 Å². The highest BCUT2D eigenvalue weighted by Gasteiger charge is 2.39. The van der Waals surface area contributed by atoms with Gasteiger partial charge in [-0.05, 0) is 46.5 Å². The molecule has 5 aromatic rings. The SMILES string of the molecule is N#Cc1ccc(C(O)C=Cc2cncn2C(c2ccccc2)(c2ccccc2)c2ccccc2)cc1F. The first-order valence-corrected chi connectivity index (χ1v) is 11.9. The van der Waals surface area contributed by atoms with Gasteiger partial charge in [-0.2, -0.15) is 5.26 Å². The normalized spacial score (nSPS) is 12.4. The van der Waals surface area contributed by atoms with Gasteiger partial charge in [0, 0.05) is 0 Å². The van der Waals surface area contributed by atoms with E-state index in [-0.39, 0.29) is 5.56 Å². The summed E-state index contributed by atoms with van der Waals surface area (Å²) in [6.07, 6.45) is 5.86. The Morgan fingerprint density at radius 1 is 0.838 bits per heavy atom. The average molecular weight is 486 g/mol. The first-order chi connectivity index (χ1) is 18.1. The van der Waals surface area contributed by atoms with Gasteiger partial charge in [-0.25, -0.2) is 9.37 Å². The summed E-state index contributed by atoms with van der Waals surface area (Å²) in [4.78, 5) is 4.49. The summed E-state index contributed by atoms with van der Waals surface area (Å²) < 4.78 is 16.2. The Balaban J connectivity index is 1.67. The number of imidazole rings is 1. The van der Waals surface area contributed by atoms with Crippen LogP contribution in [0.3, 0.4) is 0 Å². The molecule has 37 heavy (non-hydrogen) atoms. The van der Waals surface area contributed by atoms with Gasteiger partial charge in [0.2, 0.25) is 0 Å². The summed E-state index contributed by atoms with van der Waals surface area (Å²) in [5.74, 6) is -0.659. The van der Waals surface area contributed by atoms with Gasteiger partial charge >= 0.3 is 0 Å². The number of hydrogen-bond acceptors (Lipinski definition) is 3. The Kier molecular flexibility index (Phi) is 6.76. The van der Waals surface area contributed by atoms with Gasteiger partial charge < -0.3 is 9.67 Å². The third-order valence-electron chi connectivity index (χ3n) is 6.51. The molecule has 5 heteroatoms. The van der Waals surface area contributed by atoms with Gasteiger partial charge in [0.1, 0.15) is 17.4 Å².